The average Bonchev–Trinajstić information content (AvgIpc) is 3.27. The van der Waals surface area contributed by atoms with Crippen LogP contribution < -0.4 is 10.6 Å². The van der Waals surface area contributed by atoms with Gasteiger partial charge in [-0.25, -0.2) is 4.98 Å². The molecule has 0 saturated heterocycles. The van der Waals surface area contributed by atoms with E-state index in [2.05, 4.69) is 15.6 Å². The van der Waals surface area contributed by atoms with E-state index in [1.165, 1.54) is 22.7 Å². The van der Waals surface area contributed by atoms with Crippen LogP contribution in [-0.2, 0) is 11.2 Å². The van der Waals surface area contributed by atoms with Gasteiger partial charge in [-0.2, -0.15) is 0 Å². The average molecular weight is 392 g/mol. The van der Waals surface area contributed by atoms with Crippen LogP contribution in [0.25, 0.3) is 0 Å². The summed E-state index contributed by atoms with van der Waals surface area (Å²) in [5, 5.41) is 8.28. The van der Waals surface area contributed by atoms with Gasteiger partial charge < -0.3 is 10.6 Å². The van der Waals surface area contributed by atoms with Gasteiger partial charge in [0, 0.05) is 22.5 Å². The smallest absolute Gasteiger partial charge is 0.261 e. The summed E-state index contributed by atoms with van der Waals surface area (Å²) in [4.78, 5) is 29.5. The molecule has 0 atom stereocenters. The van der Waals surface area contributed by atoms with Crippen LogP contribution in [0.15, 0.2) is 48.0 Å². The van der Waals surface area contributed by atoms with E-state index in [4.69, 9.17) is 11.6 Å². The van der Waals surface area contributed by atoms with Crippen molar-refractivity contribution in [2.75, 3.05) is 11.9 Å². The van der Waals surface area contributed by atoms with Gasteiger partial charge >= 0.3 is 0 Å². The van der Waals surface area contributed by atoms with Crippen molar-refractivity contribution in [2.45, 2.75) is 6.42 Å². The van der Waals surface area contributed by atoms with Crippen molar-refractivity contribution in [3.8, 4) is 0 Å². The first kappa shape index (κ1) is 17.6. The third-order valence-electron chi connectivity index (χ3n) is 3.28. The largest absolute Gasteiger partial charge is 0.342 e. The molecule has 2 aromatic heterocycles. The van der Waals surface area contributed by atoms with E-state index in [9.17, 15) is 9.59 Å². The van der Waals surface area contributed by atoms with Crippen molar-refractivity contribution in [2.24, 2.45) is 0 Å². The molecule has 0 aliphatic carbocycles. The number of thiazole rings is 1. The molecular formula is C17H14ClN3O2S2. The highest BCUT2D eigenvalue weighted by atomic mass is 35.5. The molecule has 0 aliphatic rings. The minimum atomic E-state index is -0.316. The van der Waals surface area contributed by atoms with Crippen LogP contribution in [0.1, 0.15) is 20.1 Å². The lowest BCUT2D eigenvalue weighted by Crippen LogP contribution is -2.32. The molecule has 0 saturated carbocycles. The van der Waals surface area contributed by atoms with E-state index in [-0.39, 0.29) is 18.4 Å². The van der Waals surface area contributed by atoms with Crippen LogP contribution in [0, 0.1) is 0 Å². The molecule has 3 rings (SSSR count). The van der Waals surface area contributed by atoms with E-state index in [0.717, 1.165) is 10.4 Å². The first-order chi connectivity index (χ1) is 12.1. The molecule has 128 valence electrons. The van der Waals surface area contributed by atoms with Crippen LogP contribution in [0.5, 0.6) is 0 Å². The lowest BCUT2D eigenvalue weighted by Gasteiger charge is -2.03. The molecule has 5 nitrogen and oxygen atoms in total. The fourth-order valence-electron chi connectivity index (χ4n) is 2.10. The lowest BCUT2D eigenvalue weighted by atomic mass is 10.1. The number of carbonyl (C=O) groups is 2. The monoisotopic (exact) mass is 391 g/mol. The Morgan fingerprint density at radius 2 is 2.00 bits per heavy atom. The second-order valence-electron chi connectivity index (χ2n) is 5.11. The summed E-state index contributed by atoms with van der Waals surface area (Å²) in [7, 11) is 0. The summed E-state index contributed by atoms with van der Waals surface area (Å²) in [5.74, 6) is -0.577. The number of aromatic nitrogens is 1. The van der Waals surface area contributed by atoms with Crippen molar-refractivity contribution < 1.29 is 9.59 Å². The normalized spacial score (nSPS) is 10.4. The summed E-state index contributed by atoms with van der Waals surface area (Å²) in [5.41, 5.74) is 1.01. The first-order valence-electron chi connectivity index (χ1n) is 7.41. The zero-order valence-corrected chi connectivity index (χ0v) is 15.4. The maximum Gasteiger partial charge on any atom is 0.261 e. The number of hydrogen-bond donors (Lipinski definition) is 2. The summed E-state index contributed by atoms with van der Waals surface area (Å²) in [6, 6.07) is 11.1. The number of nitrogens with one attached hydrogen (secondary N) is 2. The van der Waals surface area contributed by atoms with Crippen LogP contribution in [0.3, 0.4) is 0 Å². The molecule has 8 heteroatoms. The van der Waals surface area contributed by atoms with Crippen molar-refractivity contribution in [3.05, 3.63) is 68.3 Å². The fourth-order valence-corrected chi connectivity index (χ4v) is 3.79. The molecule has 2 amide bonds. The molecule has 0 spiro atoms. The number of halogens is 1. The minimum absolute atomic E-state index is 0.101. The van der Waals surface area contributed by atoms with Crippen molar-refractivity contribution in [3.63, 3.8) is 0 Å². The van der Waals surface area contributed by atoms with Gasteiger partial charge in [0.05, 0.1) is 11.4 Å². The van der Waals surface area contributed by atoms with Gasteiger partial charge in [-0.3, -0.25) is 9.59 Å². The quantitative estimate of drug-likeness (QED) is 0.671. The number of thiophene rings is 1. The molecule has 1 aromatic carbocycles. The van der Waals surface area contributed by atoms with Crippen LogP contribution in [0.2, 0.25) is 5.02 Å². The molecule has 0 aliphatic heterocycles. The Hall–Kier alpha value is -2.22. The Bertz CT molecular complexity index is 878. The number of anilines is 1. The molecule has 25 heavy (non-hydrogen) atoms. The number of amides is 2. The highest BCUT2D eigenvalue weighted by Crippen LogP contribution is 2.24. The maximum atomic E-state index is 11.9. The third-order valence-corrected chi connectivity index (χ3v) is 5.43. The van der Waals surface area contributed by atoms with Gasteiger partial charge in [0.1, 0.15) is 0 Å². The van der Waals surface area contributed by atoms with E-state index in [0.29, 0.717) is 21.5 Å². The van der Waals surface area contributed by atoms with Crippen molar-refractivity contribution in [1.29, 1.82) is 0 Å². The standard InChI is InChI=1S/C17H14ClN3O2S2/c18-13-5-2-1-4-11(13)8-12-9-20-17(25-12)21-15(22)10-19-16(23)14-6-3-7-24-14/h1-7,9H,8,10H2,(H,19,23)(H,20,21,22). The van der Waals surface area contributed by atoms with E-state index in [1.54, 1.807) is 18.3 Å². The number of hydrogen-bond acceptors (Lipinski definition) is 5. The Balaban J connectivity index is 1.52. The number of benzene rings is 1. The first-order valence-corrected chi connectivity index (χ1v) is 9.49. The Morgan fingerprint density at radius 1 is 1.16 bits per heavy atom. The van der Waals surface area contributed by atoms with Crippen LogP contribution in [-0.4, -0.2) is 23.3 Å². The zero-order chi connectivity index (χ0) is 17.6. The lowest BCUT2D eigenvalue weighted by molar-refractivity contribution is -0.115. The second kappa shape index (κ2) is 8.24. The number of nitrogens with zero attached hydrogens (tertiary/aromatic N) is 1. The maximum absolute atomic E-state index is 11.9. The van der Waals surface area contributed by atoms with E-state index >= 15 is 0 Å². The van der Waals surface area contributed by atoms with Gasteiger partial charge in [0.15, 0.2) is 5.13 Å². The molecule has 2 heterocycles. The van der Waals surface area contributed by atoms with Gasteiger partial charge in [-0.05, 0) is 23.1 Å². The summed E-state index contributed by atoms with van der Waals surface area (Å²) in [6.07, 6.45) is 2.37. The molecule has 3 aromatic rings. The molecule has 0 radical (unpaired) electrons. The second-order valence-corrected chi connectivity index (χ2v) is 7.58. The van der Waals surface area contributed by atoms with Crippen molar-refractivity contribution in [1.82, 2.24) is 10.3 Å². The summed E-state index contributed by atoms with van der Waals surface area (Å²) >= 11 is 8.87. The topological polar surface area (TPSA) is 71.1 Å². The van der Waals surface area contributed by atoms with Gasteiger partial charge in [-0.15, -0.1) is 22.7 Å². The molecule has 2 N–H and O–H groups in total. The fraction of sp³-hybridized carbons (Fsp3) is 0.118. The number of rotatable bonds is 6. The molecule has 0 fully saturated rings. The Morgan fingerprint density at radius 3 is 2.76 bits per heavy atom. The highest BCUT2D eigenvalue weighted by Gasteiger charge is 2.11. The van der Waals surface area contributed by atoms with E-state index in [1.807, 2.05) is 29.6 Å². The predicted octanol–water partition coefficient (Wildman–Crippen LogP) is 3.82. The molecule has 0 bridgehead atoms. The van der Waals surface area contributed by atoms with Gasteiger partial charge in [0.2, 0.25) is 5.91 Å². The SMILES string of the molecule is O=C(CNC(=O)c1cccs1)Nc1ncc(Cc2ccccc2Cl)s1. The van der Waals surface area contributed by atoms with Crippen LogP contribution in [0.4, 0.5) is 5.13 Å². The van der Waals surface area contributed by atoms with E-state index < -0.39 is 0 Å². The predicted molar refractivity (Wildman–Crippen MR) is 102 cm³/mol. The molecular weight excluding hydrogens is 378 g/mol. The summed E-state index contributed by atoms with van der Waals surface area (Å²) < 4.78 is 0. The van der Waals surface area contributed by atoms with Gasteiger partial charge in [-0.1, -0.05) is 35.9 Å². The van der Waals surface area contributed by atoms with Crippen LogP contribution >= 0.6 is 34.3 Å². The van der Waals surface area contributed by atoms with Crippen molar-refractivity contribution >= 4 is 51.2 Å². The number of carbonyl (C=O) groups excluding carboxylic acids is 2. The van der Waals surface area contributed by atoms with Gasteiger partial charge in [0.25, 0.3) is 5.91 Å². The highest BCUT2D eigenvalue weighted by molar-refractivity contribution is 7.15. The minimum Gasteiger partial charge on any atom is -0.342 e. The summed E-state index contributed by atoms with van der Waals surface area (Å²) in [6.45, 7) is -0.101. The molecule has 0 unspecified atom stereocenters. The Labute approximate surface area is 157 Å². The zero-order valence-electron chi connectivity index (χ0n) is 13.0. The third kappa shape index (κ3) is 4.88. The Kier molecular flexibility index (Phi) is 5.80.